The predicted octanol–water partition coefficient (Wildman–Crippen LogP) is 1.98. The number of hydrogen-bond acceptors (Lipinski definition) is 4. The number of carbonyl (C=O) groups excluding carboxylic acids is 1. The summed E-state index contributed by atoms with van der Waals surface area (Å²) in [4.78, 5) is 21.0. The first-order valence-corrected chi connectivity index (χ1v) is 9.38. The van der Waals surface area contributed by atoms with Crippen LogP contribution in [0.4, 0.5) is 5.69 Å². The van der Waals surface area contributed by atoms with E-state index in [4.69, 9.17) is 10.5 Å². The minimum atomic E-state index is 0. The number of nitrogens with zero attached hydrogens (tertiary/aromatic N) is 3. The van der Waals surface area contributed by atoms with Crippen molar-refractivity contribution in [1.82, 2.24) is 9.80 Å². The van der Waals surface area contributed by atoms with Gasteiger partial charge in [-0.15, -0.1) is 24.0 Å². The van der Waals surface area contributed by atoms with Gasteiger partial charge in [-0.3, -0.25) is 14.7 Å². The Morgan fingerprint density at radius 2 is 2.04 bits per heavy atom. The Hall–Kier alpha value is -1.55. The van der Waals surface area contributed by atoms with Gasteiger partial charge in [0.25, 0.3) is 0 Å². The Labute approximate surface area is 178 Å². The van der Waals surface area contributed by atoms with Gasteiger partial charge in [-0.1, -0.05) is 12.5 Å². The summed E-state index contributed by atoms with van der Waals surface area (Å²) in [6, 6.07) is 7.58. The number of nitrogens with one attached hydrogen (secondary N) is 1. The maximum absolute atomic E-state index is 12.3. The van der Waals surface area contributed by atoms with Crippen LogP contribution in [0.2, 0.25) is 0 Å². The van der Waals surface area contributed by atoms with Crippen molar-refractivity contribution in [2.75, 3.05) is 51.7 Å². The molecule has 1 aromatic rings. The van der Waals surface area contributed by atoms with E-state index in [1.54, 1.807) is 7.11 Å². The number of aliphatic imine (C=N–C) groups is 1. The Kier molecular flexibility index (Phi) is 8.62. The van der Waals surface area contributed by atoms with Gasteiger partial charge >= 0.3 is 0 Å². The summed E-state index contributed by atoms with van der Waals surface area (Å²) < 4.78 is 5.19. The summed E-state index contributed by atoms with van der Waals surface area (Å²) >= 11 is 0. The van der Waals surface area contributed by atoms with E-state index in [2.05, 4.69) is 15.2 Å². The van der Waals surface area contributed by atoms with Crippen LogP contribution in [0.5, 0.6) is 5.75 Å². The number of anilines is 1. The number of rotatable bonds is 6. The third-order valence-corrected chi connectivity index (χ3v) is 5.18. The molecule has 0 spiro atoms. The average molecular weight is 487 g/mol. The molecule has 1 heterocycles. The molecule has 1 saturated carbocycles. The third-order valence-electron chi connectivity index (χ3n) is 5.18. The number of nitrogens with two attached hydrogens (primary N) is 1. The number of hydrogen-bond donors (Lipinski definition) is 2. The summed E-state index contributed by atoms with van der Waals surface area (Å²) in [6.07, 6.45) is 3.36. The fraction of sp³-hybridized carbons (Fsp3) is 0.579. The predicted molar refractivity (Wildman–Crippen MR) is 119 cm³/mol. The lowest BCUT2D eigenvalue weighted by atomic mass is 9.84. The first-order chi connectivity index (χ1) is 12.7. The second-order valence-corrected chi connectivity index (χ2v) is 6.92. The molecule has 27 heavy (non-hydrogen) atoms. The van der Waals surface area contributed by atoms with Crippen molar-refractivity contribution in [3.8, 4) is 5.75 Å². The van der Waals surface area contributed by atoms with Crippen LogP contribution in [0.25, 0.3) is 0 Å². The number of halogens is 1. The molecule has 0 atom stereocenters. The second kappa shape index (κ2) is 10.7. The van der Waals surface area contributed by atoms with Gasteiger partial charge in [-0.25, -0.2) is 0 Å². The highest BCUT2D eigenvalue weighted by molar-refractivity contribution is 14.0. The SMILES string of the molecule is COc1cccc(NC(N)=NCCN2CCN(C(=O)C3CCC3)CC2)c1.I. The van der Waals surface area contributed by atoms with Crippen molar-refractivity contribution in [2.24, 2.45) is 16.6 Å². The van der Waals surface area contributed by atoms with Gasteiger partial charge in [0.1, 0.15) is 5.75 Å². The molecule has 1 aromatic carbocycles. The summed E-state index contributed by atoms with van der Waals surface area (Å²) in [5.74, 6) is 1.84. The van der Waals surface area contributed by atoms with Crippen molar-refractivity contribution in [1.29, 1.82) is 0 Å². The van der Waals surface area contributed by atoms with Gasteiger partial charge in [0.2, 0.25) is 5.91 Å². The lowest BCUT2D eigenvalue weighted by Crippen LogP contribution is -2.51. The van der Waals surface area contributed by atoms with E-state index in [0.717, 1.165) is 57.0 Å². The summed E-state index contributed by atoms with van der Waals surface area (Å²) in [6.45, 7) is 4.98. The summed E-state index contributed by atoms with van der Waals surface area (Å²) in [5.41, 5.74) is 6.81. The van der Waals surface area contributed by atoms with Crippen molar-refractivity contribution in [2.45, 2.75) is 19.3 Å². The monoisotopic (exact) mass is 487 g/mol. The van der Waals surface area contributed by atoms with Gasteiger partial charge < -0.3 is 20.7 Å². The highest BCUT2D eigenvalue weighted by Crippen LogP contribution is 2.28. The largest absolute Gasteiger partial charge is 0.497 e. The second-order valence-electron chi connectivity index (χ2n) is 6.92. The van der Waals surface area contributed by atoms with Crippen LogP contribution >= 0.6 is 24.0 Å². The van der Waals surface area contributed by atoms with Gasteiger partial charge in [-0.05, 0) is 25.0 Å². The van der Waals surface area contributed by atoms with E-state index < -0.39 is 0 Å². The molecule has 0 aromatic heterocycles. The first-order valence-electron chi connectivity index (χ1n) is 9.38. The summed E-state index contributed by atoms with van der Waals surface area (Å²) in [7, 11) is 1.64. The lowest BCUT2D eigenvalue weighted by Gasteiger charge is -2.38. The molecular weight excluding hydrogens is 457 g/mol. The Morgan fingerprint density at radius 3 is 2.67 bits per heavy atom. The molecule has 2 aliphatic rings. The molecule has 0 radical (unpaired) electrons. The van der Waals surface area contributed by atoms with Gasteiger partial charge in [-0.2, -0.15) is 0 Å². The normalized spacial score (nSPS) is 18.4. The number of benzene rings is 1. The van der Waals surface area contributed by atoms with E-state index >= 15 is 0 Å². The van der Waals surface area contributed by atoms with Crippen LogP contribution in [0, 0.1) is 5.92 Å². The molecule has 0 unspecified atom stereocenters. The number of methoxy groups -OCH3 is 1. The van der Waals surface area contributed by atoms with E-state index in [1.807, 2.05) is 29.2 Å². The van der Waals surface area contributed by atoms with Gasteiger partial charge in [0.15, 0.2) is 5.96 Å². The van der Waals surface area contributed by atoms with Crippen LogP contribution < -0.4 is 15.8 Å². The number of carbonyl (C=O) groups is 1. The fourth-order valence-electron chi connectivity index (χ4n) is 3.31. The number of ether oxygens (including phenoxy) is 1. The van der Waals surface area contributed by atoms with E-state index in [-0.39, 0.29) is 24.0 Å². The number of piperazine rings is 1. The molecule has 7 nitrogen and oxygen atoms in total. The third kappa shape index (κ3) is 6.24. The van der Waals surface area contributed by atoms with Crippen LogP contribution in [-0.2, 0) is 4.79 Å². The van der Waals surface area contributed by atoms with Crippen molar-refractivity contribution >= 4 is 41.5 Å². The van der Waals surface area contributed by atoms with Crippen LogP contribution in [0.3, 0.4) is 0 Å². The molecule has 3 N–H and O–H groups in total. The molecule has 2 fully saturated rings. The van der Waals surface area contributed by atoms with Gasteiger partial charge in [0, 0.05) is 50.4 Å². The van der Waals surface area contributed by atoms with Crippen LogP contribution in [0.15, 0.2) is 29.3 Å². The van der Waals surface area contributed by atoms with Crippen molar-refractivity contribution in [3.63, 3.8) is 0 Å². The average Bonchev–Trinajstić information content (AvgIpc) is 2.61. The molecule has 1 amide bonds. The van der Waals surface area contributed by atoms with E-state index in [9.17, 15) is 4.79 Å². The lowest BCUT2D eigenvalue weighted by molar-refractivity contribution is -0.139. The van der Waals surface area contributed by atoms with Crippen LogP contribution in [0.1, 0.15) is 19.3 Å². The highest BCUT2D eigenvalue weighted by atomic mass is 127. The Bertz CT molecular complexity index is 643. The standard InChI is InChI=1S/C19H29N5O2.HI/c1-26-17-7-3-6-16(14-17)22-19(20)21-8-9-23-10-12-24(13-11-23)18(25)15-4-2-5-15;/h3,6-7,14-15H,2,4-5,8-13H2,1H3,(H3,20,21,22);1H. The molecule has 150 valence electrons. The maximum atomic E-state index is 12.3. The van der Waals surface area contributed by atoms with E-state index in [1.165, 1.54) is 6.42 Å². The topological polar surface area (TPSA) is 83.2 Å². The molecule has 1 aliphatic heterocycles. The Balaban J connectivity index is 0.00000261. The molecule has 1 saturated heterocycles. The molecule has 0 bridgehead atoms. The molecule has 1 aliphatic carbocycles. The zero-order valence-electron chi connectivity index (χ0n) is 15.9. The first kappa shape index (κ1) is 21.7. The molecule has 3 rings (SSSR count). The smallest absolute Gasteiger partial charge is 0.225 e. The quantitative estimate of drug-likeness (QED) is 0.365. The molecular formula is C19H30IN5O2. The molecule has 8 heteroatoms. The summed E-state index contributed by atoms with van der Waals surface area (Å²) in [5, 5.41) is 3.08. The van der Waals surface area contributed by atoms with Gasteiger partial charge in [0.05, 0.1) is 13.7 Å². The highest BCUT2D eigenvalue weighted by Gasteiger charge is 2.30. The fourth-order valence-corrected chi connectivity index (χ4v) is 3.31. The number of amides is 1. The zero-order valence-corrected chi connectivity index (χ0v) is 18.2. The Morgan fingerprint density at radius 1 is 1.30 bits per heavy atom. The van der Waals surface area contributed by atoms with Crippen molar-refractivity contribution in [3.05, 3.63) is 24.3 Å². The van der Waals surface area contributed by atoms with Crippen LogP contribution in [-0.4, -0.2) is 68.0 Å². The number of guanidine groups is 1. The minimum absolute atomic E-state index is 0. The minimum Gasteiger partial charge on any atom is -0.497 e. The maximum Gasteiger partial charge on any atom is 0.225 e. The van der Waals surface area contributed by atoms with E-state index in [0.29, 0.717) is 24.3 Å². The van der Waals surface area contributed by atoms with Crippen molar-refractivity contribution < 1.29 is 9.53 Å². The zero-order chi connectivity index (χ0) is 18.4.